The summed E-state index contributed by atoms with van der Waals surface area (Å²) in [5.41, 5.74) is 9.98. The fourth-order valence-corrected chi connectivity index (χ4v) is 14.7. The first-order valence-electron chi connectivity index (χ1n) is 21.3. The predicted octanol–water partition coefficient (Wildman–Crippen LogP) is 10.4. The molecule has 310 valence electrons. The molecule has 4 aliphatic rings. The minimum absolute atomic E-state index is 0.114. The van der Waals surface area contributed by atoms with Gasteiger partial charge in [0.05, 0.1) is 0 Å². The first kappa shape index (κ1) is 39.7. The van der Waals surface area contributed by atoms with Gasteiger partial charge in [-0.15, -0.1) is 0 Å². The number of fused-ring (bicyclic) bond motifs is 14. The monoisotopic (exact) mass is 904 g/mol. The van der Waals surface area contributed by atoms with E-state index < -0.39 is 21.7 Å². The van der Waals surface area contributed by atoms with Crippen LogP contribution in [0.3, 0.4) is 0 Å². The Balaban J connectivity index is 1.33. The van der Waals surface area contributed by atoms with Crippen molar-refractivity contribution in [2.45, 2.75) is 78.6 Å². The standard InChI is InChI=1S/C51H45N8O2.ClH.Ga/c1-49(2,3)29-15-19-33-37(23-29)45-54-41(33)52-40-32-18-14-28(26-10-12-27(13-11-26)48(60)61)22-36(32)44(53-40)59-47-39-25-31(51(7,8)9)17-21-35(39)43(58-47)57-46-38-24-30(50(4,5)6)16-20-34(38)42(55-45)56-46;;/h10-25H,1-9H3,(H2-,52,53,54,55,56,57,58,59,60,61);1H;/q-1;;+3/p-2. The molecular formula is C51H44ClGaN8O2. The molecule has 4 aliphatic heterocycles. The van der Waals surface area contributed by atoms with E-state index in [2.05, 4.69) is 136 Å². The van der Waals surface area contributed by atoms with Crippen molar-refractivity contribution < 1.29 is 9.90 Å². The van der Waals surface area contributed by atoms with Gasteiger partial charge in [-0.05, 0) is 0 Å². The van der Waals surface area contributed by atoms with Gasteiger partial charge in [0, 0.05) is 0 Å². The van der Waals surface area contributed by atoms with Gasteiger partial charge in [0.1, 0.15) is 0 Å². The first-order chi connectivity index (χ1) is 29.8. The molecule has 0 radical (unpaired) electrons. The third-order valence-electron chi connectivity index (χ3n) is 12.7. The molecule has 0 saturated heterocycles. The molecule has 10 nitrogen and oxygen atoms in total. The van der Waals surface area contributed by atoms with Gasteiger partial charge in [0.25, 0.3) is 0 Å². The Kier molecular flexibility index (Phi) is 8.46. The van der Waals surface area contributed by atoms with E-state index in [0.717, 1.165) is 66.1 Å². The van der Waals surface area contributed by atoms with Crippen LogP contribution in [0.5, 0.6) is 0 Å². The van der Waals surface area contributed by atoms with E-state index in [1.165, 1.54) is 5.56 Å². The molecule has 0 saturated carbocycles. The summed E-state index contributed by atoms with van der Waals surface area (Å²) in [5.74, 6) is 2.67. The summed E-state index contributed by atoms with van der Waals surface area (Å²) >= 11 is -3.74. The molecule has 0 amide bonds. The van der Waals surface area contributed by atoms with Crippen LogP contribution in [0.4, 0.5) is 11.6 Å². The van der Waals surface area contributed by atoms with E-state index in [9.17, 15) is 9.90 Å². The Hall–Kier alpha value is -6.14. The predicted molar refractivity (Wildman–Crippen MR) is 255 cm³/mol. The molecule has 6 heterocycles. The van der Waals surface area contributed by atoms with Crippen LogP contribution >= 0.6 is 9.64 Å². The van der Waals surface area contributed by atoms with Crippen molar-refractivity contribution in [3.63, 3.8) is 0 Å². The number of hydrogen-bond acceptors (Lipinski definition) is 7. The number of carbonyl (C=O) groups is 1. The van der Waals surface area contributed by atoms with Gasteiger partial charge in [-0.1, -0.05) is 0 Å². The second kappa shape index (κ2) is 13.4. The second-order valence-corrected chi connectivity index (χ2v) is 25.5. The molecule has 12 heteroatoms. The third-order valence-corrected chi connectivity index (χ3v) is 18.5. The SMILES string of the molecule is CC(C)(C)c1ccc2c(c1)C1=NC2=Nc2c3cc(C(C)(C)C)ccc3c3[n]2[Ga]([Cl])[n]2c(c4ccc(-c5ccc(C(=O)O)cc5)cc4c2=N1)=NC1=NC(=N3)c2cc(C(C)(C)C)ccc21. The maximum absolute atomic E-state index is 11.8. The Bertz CT molecular complexity index is 3500. The van der Waals surface area contributed by atoms with Crippen LogP contribution in [-0.4, -0.2) is 56.7 Å². The van der Waals surface area contributed by atoms with Crippen molar-refractivity contribution >= 4 is 87.8 Å². The average molecular weight is 906 g/mol. The maximum atomic E-state index is 11.8. The van der Waals surface area contributed by atoms with Crippen LogP contribution < -0.4 is 11.0 Å². The van der Waals surface area contributed by atoms with E-state index in [-0.39, 0.29) is 21.8 Å². The van der Waals surface area contributed by atoms with Crippen molar-refractivity contribution in [2.24, 2.45) is 30.0 Å². The van der Waals surface area contributed by atoms with Gasteiger partial charge in [-0.2, -0.15) is 0 Å². The normalized spacial score (nSPS) is 15.2. The zero-order chi connectivity index (χ0) is 44.1. The Morgan fingerprint density at radius 2 is 0.937 bits per heavy atom. The number of carboxylic acids is 1. The number of aromatic carboxylic acids is 1. The number of nitrogens with zero attached hydrogens (tertiary/aromatic N) is 8. The van der Waals surface area contributed by atoms with Crippen molar-refractivity contribution in [1.82, 2.24) is 6.55 Å². The Morgan fingerprint density at radius 3 is 1.51 bits per heavy atom. The van der Waals surface area contributed by atoms with Crippen molar-refractivity contribution in [3.8, 4) is 11.1 Å². The number of hydrogen-bond donors (Lipinski definition) is 1. The van der Waals surface area contributed by atoms with Crippen molar-refractivity contribution in [3.05, 3.63) is 153 Å². The summed E-state index contributed by atoms with van der Waals surface area (Å²) in [6, 6.07) is 32.7. The molecule has 0 spiro atoms. The van der Waals surface area contributed by atoms with Gasteiger partial charge in [-0.25, -0.2) is 0 Å². The van der Waals surface area contributed by atoms with E-state index in [0.29, 0.717) is 46.0 Å². The Morgan fingerprint density at radius 1 is 0.476 bits per heavy atom. The fraction of sp³-hybridized carbons (Fsp3) is 0.235. The van der Waals surface area contributed by atoms with Gasteiger partial charge in [0.15, 0.2) is 0 Å². The van der Waals surface area contributed by atoms with Crippen LogP contribution in [0.2, 0.25) is 0 Å². The topological polar surface area (TPSA) is 121 Å². The number of aliphatic imine (C=N–C) groups is 4. The number of benzene rings is 5. The van der Waals surface area contributed by atoms with Crippen molar-refractivity contribution in [2.75, 3.05) is 0 Å². The number of amidine groups is 4. The number of carboxylic acid groups (broad SMARTS) is 1. The molecule has 0 unspecified atom stereocenters. The van der Waals surface area contributed by atoms with E-state index >= 15 is 0 Å². The summed E-state index contributed by atoms with van der Waals surface area (Å²) in [6.45, 7) is 19.9. The zero-order valence-corrected chi connectivity index (χ0v) is 39.8. The molecule has 0 fully saturated rings. The Labute approximate surface area is 374 Å². The zero-order valence-electron chi connectivity index (χ0n) is 36.6. The van der Waals surface area contributed by atoms with E-state index in [4.69, 9.17) is 39.6 Å². The van der Waals surface area contributed by atoms with Crippen LogP contribution in [0.25, 0.3) is 32.7 Å². The fourth-order valence-electron chi connectivity index (χ4n) is 8.96. The van der Waals surface area contributed by atoms with Gasteiger partial charge in [0.2, 0.25) is 0 Å². The van der Waals surface area contributed by atoms with Gasteiger partial charge >= 0.3 is 376 Å². The molecule has 6 bridgehead atoms. The quantitative estimate of drug-likeness (QED) is 0.174. The second-order valence-electron chi connectivity index (χ2n) is 20.0. The molecule has 1 N–H and O–H groups in total. The average Bonchev–Trinajstić information content (AvgIpc) is 3.94. The molecule has 5 aromatic carbocycles. The number of rotatable bonds is 2. The number of halogens is 1. The van der Waals surface area contributed by atoms with Crippen LogP contribution in [-0.2, 0) is 16.2 Å². The van der Waals surface area contributed by atoms with Crippen LogP contribution in [0.1, 0.15) is 112 Å². The van der Waals surface area contributed by atoms with Gasteiger partial charge < -0.3 is 0 Å². The first-order valence-corrected chi connectivity index (χ1v) is 26.6. The third kappa shape index (κ3) is 6.18. The van der Waals surface area contributed by atoms with Crippen LogP contribution in [0.15, 0.2) is 127 Å². The van der Waals surface area contributed by atoms with Crippen LogP contribution in [0, 0.1) is 0 Å². The molecule has 63 heavy (non-hydrogen) atoms. The van der Waals surface area contributed by atoms with E-state index in [1.807, 2.05) is 18.2 Å². The van der Waals surface area contributed by atoms with E-state index in [1.54, 1.807) is 12.1 Å². The minimum atomic E-state index is -3.74. The van der Waals surface area contributed by atoms with Crippen molar-refractivity contribution in [1.29, 1.82) is 0 Å². The summed E-state index contributed by atoms with van der Waals surface area (Å²) in [7, 11) is 8.25. The summed E-state index contributed by atoms with van der Waals surface area (Å²) < 4.78 is 4.34. The number of aromatic nitrogens is 2. The molecule has 7 aromatic rings. The summed E-state index contributed by atoms with van der Waals surface area (Å²) in [4.78, 5) is 44.4. The molecule has 2 aromatic heterocycles. The van der Waals surface area contributed by atoms with Gasteiger partial charge in [-0.3, -0.25) is 0 Å². The summed E-state index contributed by atoms with van der Waals surface area (Å²) in [5, 5.41) is 13.2. The molecule has 11 rings (SSSR count). The molecule has 0 atom stereocenters. The summed E-state index contributed by atoms with van der Waals surface area (Å²) in [6.07, 6.45) is 0. The molecule has 0 aliphatic carbocycles. The molecular weight excluding hydrogens is 862 g/mol.